The van der Waals surface area contributed by atoms with Crippen LogP contribution in [-0.2, 0) is 0 Å². The Morgan fingerprint density at radius 1 is 0.946 bits per heavy atom. The summed E-state index contributed by atoms with van der Waals surface area (Å²) in [6.45, 7) is 0.325. The van der Waals surface area contributed by atoms with E-state index in [1.54, 1.807) is 18.3 Å². The Balaban J connectivity index is 1.39. The second-order valence-electron chi connectivity index (χ2n) is 9.99. The maximum atomic E-state index is 14.5. The van der Waals surface area contributed by atoms with Crippen molar-refractivity contribution in [3.05, 3.63) is 71.4 Å². The number of imidazole rings is 1. The summed E-state index contributed by atoms with van der Waals surface area (Å²) in [6, 6.07) is 13.3. The SMILES string of the molecule is Fc1cc2nc(-c3ccc(Cl)cc3)n(C(COc3ccc(OC4CC4)cn3)C3CCCCC3)c2cc1F. The predicted molar refractivity (Wildman–Crippen MR) is 139 cm³/mol. The molecule has 5 nitrogen and oxygen atoms in total. The summed E-state index contributed by atoms with van der Waals surface area (Å²) in [4.78, 5) is 9.20. The molecule has 0 spiro atoms. The molecule has 0 radical (unpaired) electrons. The van der Waals surface area contributed by atoms with Crippen LogP contribution in [0.3, 0.4) is 0 Å². The van der Waals surface area contributed by atoms with Gasteiger partial charge < -0.3 is 14.0 Å². The third-order valence-corrected chi connectivity index (χ3v) is 7.55. The molecule has 8 heteroatoms. The Morgan fingerprint density at radius 2 is 1.70 bits per heavy atom. The fraction of sp³-hybridized carbons (Fsp3) is 0.379. The summed E-state index contributed by atoms with van der Waals surface area (Å²) in [5, 5.41) is 0.607. The fourth-order valence-corrected chi connectivity index (χ4v) is 5.37. The van der Waals surface area contributed by atoms with Crippen LogP contribution in [0.25, 0.3) is 22.4 Å². The number of nitrogens with zero attached hydrogens (tertiary/aromatic N) is 3. The number of pyridine rings is 1. The van der Waals surface area contributed by atoms with Crippen molar-refractivity contribution in [1.82, 2.24) is 14.5 Å². The van der Waals surface area contributed by atoms with Gasteiger partial charge in [-0.05, 0) is 61.9 Å². The molecule has 37 heavy (non-hydrogen) atoms. The van der Waals surface area contributed by atoms with Gasteiger partial charge in [0.2, 0.25) is 5.88 Å². The van der Waals surface area contributed by atoms with Crippen molar-refractivity contribution in [2.45, 2.75) is 57.1 Å². The van der Waals surface area contributed by atoms with Gasteiger partial charge >= 0.3 is 0 Å². The van der Waals surface area contributed by atoms with Crippen LogP contribution in [0.1, 0.15) is 51.0 Å². The molecule has 192 valence electrons. The largest absolute Gasteiger partial charge is 0.489 e. The molecule has 0 N–H and O–H groups in total. The van der Waals surface area contributed by atoms with Gasteiger partial charge in [0, 0.05) is 28.8 Å². The zero-order valence-corrected chi connectivity index (χ0v) is 21.1. The van der Waals surface area contributed by atoms with Crippen molar-refractivity contribution in [3.8, 4) is 23.0 Å². The van der Waals surface area contributed by atoms with Crippen LogP contribution in [0.4, 0.5) is 8.78 Å². The molecule has 2 aliphatic carbocycles. The first kappa shape index (κ1) is 24.2. The van der Waals surface area contributed by atoms with Crippen LogP contribution >= 0.6 is 11.6 Å². The molecular formula is C29H28ClF2N3O2. The topological polar surface area (TPSA) is 49.2 Å². The number of rotatable bonds is 8. The van der Waals surface area contributed by atoms with Crippen LogP contribution in [-0.4, -0.2) is 27.2 Å². The molecular weight excluding hydrogens is 496 g/mol. The zero-order chi connectivity index (χ0) is 25.4. The molecule has 1 unspecified atom stereocenters. The van der Waals surface area contributed by atoms with Crippen LogP contribution in [0.15, 0.2) is 54.7 Å². The van der Waals surface area contributed by atoms with Crippen molar-refractivity contribution in [3.63, 3.8) is 0 Å². The zero-order valence-electron chi connectivity index (χ0n) is 20.4. The maximum absolute atomic E-state index is 14.5. The maximum Gasteiger partial charge on any atom is 0.213 e. The first-order chi connectivity index (χ1) is 18.0. The molecule has 4 aromatic rings. The summed E-state index contributed by atoms with van der Waals surface area (Å²) >= 11 is 6.14. The molecule has 2 aromatic heterocycles. The predicted octanol–water partition coefficient (Wildman–Crippen LogP) is 7.77. The van der Waals surface area contributed by atoms with Gasteiger partial charge in [-0.15, -0.1) is 0 Å². The number of hydrogen-bond donors (Lipinski definition) is 0. The molecule has 0 amide bonds. The van der Waals surface area contributed by atoms with E-state index in [2.05, 4.69) is 4.98 Å². The third kappa shape index (κ3) is 5.28. The highest BCUT2D eigenvalue weighted by molar-refractivity contribution is 6.30. The van der Waals surface area contributed by atoms with Gasteiger partial charge in [0.15, 0.2) is 11.6 Å². The average Bonchev–Trinajstić information content (AvgIpc) is 3.67. The molecule has 2 saturated carbocycles. The van der Waals surface area contributed by atoms with Crippen molar-refractivity contribution >= 4 is 22.6 Å². The number of halogens is 3. The summed E-state index contributed by atoms with van der Waals surface area (Å²) in [6.07, 6.45) is 9.65. The van der Waals surface area contributed by atoms with Gasteiger partial charge in [0.25, 0.3) is 0 Å². The van der Waals surface area contributed by atoms with Crippen LogP contribution in [0, 0.1) is 17.6 Å². The first-order valence-corrected chi connectivity index (χ1v) is 13.3. The van der Waals surface area contributed by atoms with Gasteiger partial charge in [0.1, 0.15) is 18.2 Å². The minimum Gasteiger partial charge on any atom is -0.489 e. The van der Waals surface area contributed by atoms with Crippen LogP contribution in [0.2, 0.25) is 5.02 Å². The van der Waals surface area contributed by atoms with Crippen LogP contribution < -0.4 is 9.47 Å². The molecule has 2 fully saturated rings. The van der Waals surface area contributed by atoms with E-state index in [0.29, 0.717) is 46.4 Å². The van der Waals surface area contributed by atoms with E-state index < -0.39 is 11.6 Å². The Labute approximate surface area is 219 Å². The average molecular weight is 524 g/mol. The van der Waals surface area contributed by atoms with Crippen molar-refractivity contribution in [1.29, 1.82) is 0 Å². The van der Waals surface area contributed by atoms with Crippen LogP contribution in [0.5, 0.6) is 11.6 Å². The van der Waals surface area contributed by atoms with E-state index in [1.165, 1.54) is 18.6 Å². The Bertz CT molecular complexity index is 1380. The standard InChI is InChI=1S/C29H28ClF2N3O2/c30-20-8-6-19(7-9-20)29-34-25-14-23(31)24(32)15-26(25)35(29)27(18-4-2-1-3-5-18)17-36-28-13-12-22(16-33-28)37-21-10-11-21/h6-9,12-16,18,21,27H,1-5,10-11,17H2. The minimum absolute atomic E-state index is 0.148. The number of benzene rings is 2. The lowest BCUT2D eigenvalue weighted by molar-refractivity contribution is 0.166. The number of aromatic nitrogens is 3. The summed E-state index contributed by atoms with van der Waals surface area (Å²) in [7, 11) is 0. The Hall–Kier alpha value is -3.19. The van der Waals surface area contributed by atoms with Gasteiger partial charge in [0.05, 0.1) is 29.4 Å². The van der Waals surface area contributed by atoms with E-state index in [1.807, 2.05) is 28.8 Å². The lowest BCUT2D eigenvalue weighted by Gasteiger charge is -2.32. The van der Waals surface area contributed by atoms with Gasteiger partial charge in [-0.1, -0.05) is 30.9 Å². The number of hydrogen-bond acceptors (Lipinski definition) is 4. The summed E-state index contributed by atoms with van der Waals surface area (Å²) < 4.78 is 42.8. The van der Waals surface area contributed by atoms with E-state index >= 15 is 0 Å². The molecule has 2 aliphatic rings. The number of fused-ring (bicyclic) bond motifs is 1. The van der Waals surface area contributed by atoms with E-state index in [-0.39, 0.29) is 6.04 Å². The Kier molecular flexibility index (Phi) is 6.72. The molecule has 0 saturated heterocycles. The number of ether oxygens (including phenoxy) is 2. The molecule has 2 heterocycles. The summed E-state index contributed by atoms with van der Waals surface area (Å²) in [5.41, 5.74) is 1.77. The highest BCUT2D eigenvalue weighted by atomic mass is 35.5. The van der Waals surface area contributed by atoms with Crippen molar-refractivity contribution in [2.24, 2.45) is 5.92 Å². The van der Waals surface area contributed by atoms with Crippen molar-refractivity contribution in [2.75, 3.05) is 6.61 Å². The monoisotopic (exact) mass is 523 g/mol. The lowest BCUT2D eigenvalue weighted by Crippen LogP contribution is -2.28. The van der Waals surface area contributed by atoms with Gasteiger partial charge in [-0.3, -0.25) is 0 Å². The van der Waals surface area contributed by atoms with E-state index in [4.69, 9.17) is 26.1 Å². The molecule has 1 atom stereocenters. The van der Waals surface area contributed by atoms with Gasteiger partial charge in [-0.25, -0.2) is 18.7 Å². The highest BCUT2D eigenvalue weighted by Gasteiger charge is 2.30. The lowest BCUT2D eigenvalue weighted by atomic mass is 9.83. The van der Waals surface area contributed by atoms with Gasteiger partial charge in [-0.2, -0.15) is 0 Å². The molecule has 6 rings (SSSR count). The molecule has 0 aliphatic heterocycles. The van der Waals surface area contributed by atoms with E-state index in [0.717, 1.165) is 49.8 Å². The second-order valence-corrected chi connectivity index (χ2v) is 10.4. The molecule has 0 bridgehead atoms. The minimum atomic E-state index is -0.914. The normalized spacial score (nSPS) is 17.2. The van der Waals surface area contributed by atoms with Crippen molar-refractivity contribution < 1.29 is 18.3 Å². The quantitative estimate of drug-likeness (QED) is 0.237. The smallest absolute Gasteiger partial charge is 0.213 e. The highest BCUT2D eigenvalue weighted by Crippen LogP contribution is 2.39. The first-order valence-electron chi connectivity index (χ1n) is 12.9. The Morgan fingerprint density at radius 3 is 2.41 bits per heavy atom. The fourth-order valence-electron chi connectivity index (χ4n) is 5.24. The van der Waals surface area contributed by atoms with E-state index in [9.17, 15) is 8.78 Å². The summed E-state index contributed by atoms with van der Waals surface area (Å²) in [5.74, 6) is 0.357. The third-order valence-electron chi connectivity index (χ3n) is 7.30. The molecule has 2 aromatic carbocycles. The second kappa shape index (κ2) is 10.3.